The second-order valence-corrected chi connectivity index (χ2v) is 3.35. The van der Waals surface area contributed by atoms with E-state index in [-0.39, 0.29) is 5.56 Å². The highest BCUT2D eigenvalue weighted by atomic mass is 19.4. The van der Waals surface area contributed by atoms with Gasteiger partial charge in [0.2, 0.25) is 0 Å². The predicted molar refractivity (Wildman–Crippen MR) is 55.5 cm³/mol. The van der Waals surface area contributed by atoms with Crippen LogP contribution >= 0.6 is 0 Å². The number of non-ortho nitro benzene ring substituents is 1. The summed E-state index contributed by atoms with van der Waals surface area (Å²) in [7, 11) is 1.05. The molecule has 0 aliphatic heterocycles. The molecule has 0 aromatic heterocycles. The molecule has 0 unspecified atom stereocenters. The van der Waals surface area contributed by atoms with E-state index in [0.717, 1.165) is 25.3 Å². The van der Waals surface area contributed by atoms with Crippen molar-refractivity contribution in [2.45, 2.75) is 12.8 Å². The summed E-state index contributed by atoms with van der Waals surface area (Å²) in [6.45, 7) is 0. The Morgan fingerprint density at radius 3 is 2.53 bits per heavy atom. The average Bonchev–Trinajstić information content (AvgIpc) is 2.29. The Hall–Kier alpha value is -2.32. The molecule has 0 saturated heterocycles. The fraction of sp³-hybridized carbons (Fsp3) is 0.300. The molecule has 0 amide bonds. The Kier molecular flexibility index (Phi) is 4.30. The molecule has 0 spiro atoms. The van der Waals surface area contributed by atoms with Crippen LogP contribution in [0.25, 0.3) is 0 Å². The molecule has 9 heteroatoms. The van der Waals surface area contributed by atoms with Crippen LogP contribution in [0, 0.1) is 10.1 Å². The van der Waals surface area contributed by atoms with Crippen molar-refractivity contribution in [1.82, 2.24) is 0 Å². The van der Waals surface area contributed by atoms with Crippen molar-refractivity contribution in [3.63, 3.8) is 0 Å². The first-order chi connectivity index (χ1) is 8.73. The number of nitro groups is 1. The van der Waals surface area contributed by atoms with Crippen molar-refractivity contribution in [2.24, 2.45) is 0 Å². The van der Waals surface area contributed by atoms with Gasteiger partial charge in [0.15, 0.2) is 0 Å². The zero-order valence-electron chi connectivity index (χ0n) is 9.56. The Balaban J connectivity index is 3.14. The highest BCUT2D eigenvalue weighted by Gasteiger charge is 2.32. The molecular formula is C10H8F3NO5. The van der Waals surface area contributed by atoms with E-state index in [1.165, 1.54) is 0 Å². The van der Waals surface area contributed by atoms with Gasteiger partial charge >= 0.3 is 12.3 Å². The minimum atomic E-state index is -4.96. The normalized spacial score (nSPS) is 10.9. The van der Waals surface area contributed by atoms with Gasteiger partial charge in [-0.2, -0.15) is 0 Å². The van der Waals surface area contributed by atoms with Gasteiger partial charge in [-0.05, 0) is 6.07 Å². The molecule has 0 N–H and O–H groups in total. The number of rotatable bonds is 4. The summed E-state index contributed by atoms with van der Waals surface area (Å²) < 4.78 is 44.4. The molecule has 1 aromatic carbocycles. The summed E-state index contributed by atoms with van der Waals surface area (Å²) in [4.78, 5) is 20.8. The van der Waals surface area contributed by atoms with Crippen LogP contribution in [-0.2, 0) is 16.0 Å². The van der Waals surface area contributed by atoms with E-state index in [2.05, 4.69) is 9.47 Å². The number of methoxy groups -OCH3 is 1. The van der Waals surface area contributed by atoms with Gasteiger partial charge in [0.05, 0.1) is 18.5 Å². The van der Waals surface area contributed by atoms with Gasteiger partial charge in [-0.1, -0.05) is 0 Å². The van der Waals surface area contributed by atoms with E-state index in [1.807, 2.05) is 0 Å². The molecule has 0 aliphatic carbocycles. The van der Waals surface area contributed by atoms with Crippen LogP contribution in [0.1, 0.15) is 5.56 Å². The summed E-state index contributed by atoms with van der Waals surface area (Å²) in [5.74, 6) is -1.52. The van der Waals surface area contributed by atoms with Gasteiger partial charge in [-0.3, -0.25) is 14.9 Å². The molecule has 0 aliphatic rings. The molecule has 0 fully saturated rings. The van der Waals surface area contributed by atoms with Crippen LogP contribution < -0.4 is 4.74 Å². The SMILES string of the molecule is COC(=O)Cc1cc([N+](=O)[O-])ccc1OC(F)(F)F. The third-order valence-electron chi connectivity index (χ3n) is 2.04. The number of ether oxygens (including phenoxy) is 2. The van der Waals surface area contributed by atoms with E-state index in [9.17, 15) is 28.1 Å². The molecule has 0 saturated carbocycles. The van der Waals surface area contributed by atoms with Crippen molar-refractivity contribution in [1.29, 1.82) is 0 Å². The lowest BCUT2D eigenvalue weighted by atomic mass is 10.1. The zero-order valence-corrected chi connectivity index (χ0v) is 9.56. The van der Waals surface area contributed by atoms with Crippen molar-refractivity contribution >= 4 is 11.7 Å². The van der Waals surface area contributed by atoms with Crippen molar-refractivity contribution in [3.8, 4) is 5.75 Å². The van der Waals surface area contributed by atoms with E-state index in [1.54, 1.807) is 0 Å². The number of halogens is 3. The smallest absolute Gasteiger partial charge is 0.469 e. The largest absolute Gasteiger partial charge is 0.573 e. The average molecular weight is 279 g/mol. The minimum Gasteiger partial charge on any atom is -0.469 e. The first-order valence-electron chi connectivity index (χ1n) is 4.83. The maximum absolute atomic E-state index is 12.1. The Morgan fingerprint density at radius 2 is 2.05 bits per heavy atom. The van der Waals surface area contributed by atoms with Crippen LogP contribution in [0.2, 0.25) is 0 Å². The summed E-state index contributed by atoms with van der Waals surface area (Å²) in [5, 5.41) is 10.5. The number of esters is 1. The highest BCUT2D eigenvalue weighted by molar-refractivity contribution is 5.73. The molecule has 0 heterocycles. The second-order valence-electron chi connectivity index (χ2n) is 3.35. The number of nitro benzene ring substituents is 1. The first kappa shape index (κ1) is 14.7. The summed E-state index contributed by atoms with van der Waals surface area (Å²) in [5.41, 5.74) is -0.730. The van der Waals surface area contributed by atoms with Crippen LogP contribution in [0.4, 0.5) is 18.9 Å². The monoisotopic (exact) mass is 279 g/mol. The number of hydrogen-bond donors (Lipinski definition) is 0. The Morgan fingerprint density at radius 1 is 1.42 bits per heavy atom. The maximum atomic E-state index is 12.1. The third kappa shape index (κ3) is 4.45. The molecule has 0 atom stereocenters. The Bertz CT molecular complexity index is 500. The molecular weight excluding hydrogens is 271 g/mol. The molecule has 1 aromatic rings. The van der Waals surface area contributed by atoms with Crippen LogP contribution in [0.15, 0.2) is 18.2 Å². The summed E-state index contributed by atoms with van der Waals surface area (Å²) >= 11 is 0. The molecule has 0 radical (unpaired) electrons. The zero-order chi connectivity index (χ0) is 14.6. The molecule has 1 rings (SSSR count). The van der Waals surface area contributed by atoms with Crippen molar-refractivity contribution < 1.29 is 32.4 Å². The lowest BCUT2D eigenvalue weighted by Gasteiger charge is -2.12. The fourth-order valence-corrected chi connectivity index (χ4v) is 1.27. The van der Waals surface area contributed by atoms with Gasteiger partial charge in [-0.15, -0.1) is 13.2 Å². The third-order valence-corrected chi connectivity index (χ3v) is 2.04. The predicted octanol–water partition coefficient (Wildman–Crippen LogP) is 2.21. The lowest BCUT2D eigenvalue weighted by Crippen LogP contribution is -2.19. The van der Waals surface area contributed by atoms with Gasteiger partial charge in [0, 0.05) is 17.7 Å². The number of carbonyl (C=O) groups excluding carboxylic acids is 1. The van der Waals surface area contributed by atoms with Crippen molar-refractivity contribution in [2.75, 3.05) is 7.11 Å². The van der Waals surface area contributed by atoms with E-state index < -0.39 is 35.1 Å². The molecule has 0 bridgehead atoms. The second kappa shape index (κ2) is 5.55. The van der Waals surface area contributed by atoms with Crippen LogP contribution in [-0.4, -0.2) is 24.4 Å². The number of alkyl halides is 3. The maximum Gasteiger partial charge on any atom is 0.573 e. The van der Waals surface area contributed by atoms with Crippen LogP contribution in [0.5, 0.6) is 5.75 Å². The van der Waals surface area contributed by atoms with Crippen LogP contribution in [0.3, 0.4) is 0 Å². The van der Waals surface area contributed by atoms with E-state index in [0.29, 0.717) is 0 Å². The van der Waals surface area contributed by atoms with Crippen molar-refractivity contribution in [3.05, 3.63) is 33.9 Å². The highest BCUT2D eigenvalue weighted by Crippen LogP contribution is 2.29. The number of hydrogen-bond acceptors (Lipinski definition) is 5. The standard InChI is InChI=1S/C10H8F3NO5/c1-18-9(15)5-6-4-7(14(16)17)2-3-8(6)19-10(11,12)13/h2-4H,5H2,1H3. The molecule has 19 heavy (non-hydrogen) atoms. The summed E-state index contributed by atoms with van der Waals surface area (Å²) in [6, 6.07) is 2.46. The van der Waals surface area contributed by atoms with Gasteiger partial charge in [0.1, 0.15) is 5.75 Å². The van der Waals surface area contributed by atoms with Gasteiger partial charge < -0.3 is 9.47 Å². The topological polar surface area (TPSA) is 78.7 Å². The number of nitrogens with zero attached hydrogens (tertiary/aromatic N) is 1. The minimum absolute atomic E-state index is 0.279. The number of benzene rings is 1. The first-order valence-corrected chi connectivity index (χ1v) is 4.83. The Labute approximate surface area is 104 Å². The van der Waals surface area contributed by atoms with Gasteiger partial charge in [-0.25, -0.2) is 0 Å². The fourth-order valence-electron chi connectivity index (χ4n) is 1.27. The van der Waals surface area contributed by atoms with E-state index in [4.69, 9.17) is 0 Å². The van der Waals surface area contributed by atoms with Gasteiger partial charge in [0.25, 0.3) is 5.69 Å². The van der Waals surface area contributed by atoms with E-state index >= 15 is 0 Å². The number of carbonyl (C=O) groups is 1. The lowest BCUT2D eigenvalue weighted by molar-refractivity contribution is -0.385. The molecule has 6 nitrogen and oxygen atoms in total. The summed E-state index contributed by atoms with van der Waals surface area (Å²) in [6.07, 6.45) is -5.52. The molecule has 104 valence electrons. The quantitative estimate of drug-likeness (QED) is 0.479.